The van der Waals surface area contributed by atoms with Gasteiger partial charge in [-0.05, 0) is 44.6 Å². The normalized spacial score (nSPS) is 11.8. The van der Waals surface area contributed by atoms with Crippen LogP contribution in [0, 0.1) is 11.6 Å². The minimum atomic E-state index is -0.951. The maximum absolute atomic E-state index is 13.5. The van der Waals surface area contributed by atoms with Gasteiger partial charge in [0.1, 0.15) is 6.61 Å². The third-order valence-corrected chi connectivity index (χ3v) is 5.58. The quantitative estimate of drug-likeness (QED) is 0.235. The molecule has 0 bridgehead atoms. The number of hydrogen-bond acceptors (Lipinski definition) is 5. The molecular weight excluding hydrogens is 466 g/mol. The van der Waals surface area contributed by atoms with E-state index >= 15 is 0 Å². The number of nitrogens with zero attached hydrogens (tertiary/aromatic N) is 1. The highest BCUT2D eigenvalue weighted by molar-refractivity contribution is 5.77. The van der Waals surface area contributed by atoms with Gasteiger partial charge in [-0.25, -0.2) is 4.39 Å². The molecule has 2 rings (SSSR count). The molecular formula is C28H38F2N2O4. The molecule has 0 heterocycles. The summed E-state index contributed by atoms with van der Waals surface area (Å²) in [5.41, 5.74) is 0.923. The maximum Gasteiger partial charge on any atom is 0.308 e. The molecule has 0 aliphatic carbocycles. The Morgan fingerprint density at radius 1 is 0.917 bits per heavy atom. The van der Waals surface area contributed by atoms with Crippen molar-refractivity contribution >= 4 is 11.9 Å². The van der Waals surface area contributed by atoms with Crippen molar-refractivity contribution in [2.45, 2.75) is 64.0 Å². The highest BCUT2D eigenvalue weighted by atomic mass is 19.2. The lowest BCUT2D eigenvalue weighted by molar-refractivity contribution is -0.145. The van der Waals surface area contributed by atoms with E-state index in [4.69, 9.17) is 9.47 Å². The molecule has 0 saturated carbocycles. The standard InChI is InChI=1S/C28H38F2N2O4/c1-32(2)20-23(19-27(34)36-21-22-13-8-7-9-14-22)31-26(33)17-10-5-3-4-6-11-18-35-25-16-12-15-24(29)28(25)30/h7-9,12-16,23H,3-6,10-11,17-21H2,1-2H3,(H,31,33). The summed E-state index contributed by atoms with van der Waals surface area (Å²) in [7, 11) is 3.79. The summed E-state index contributed by atoms with van der Waals surface area (Å²) in [5, 5.41) is 2.97. The monoisotopic (exact) mass is 504 g/mol. The fourth-order valence-electron chi connectivity index (χ4n) is 3.77. The van der Waals surface area contributed by atoms with Crippen LogP contribution in [0.5, 0.6) is 5.75 Å². The predicted molar refractivity (Wildman–Crippen MR) is 136 cm³/mol. The Kier molecular flexibility index (Phi) is 13.5. The molecule has 1 unspecified atom stereocenters. The molecule has 0 aliphatic rings. The van der Waals surface area contributed by atoms with Crippen LogP contribution in [0.4, 0.5) is 8.78 Å². The minimum Gasteiger partial charge on any atom is -0.490 e. The van der Waals surface area contributed by atoms with E-state index in [1.165, 1.54) is 12.1 Å². The lowest BCUT2D eigenvalue weighted by Crippen LogP contribution is -2.43. The van der Waals surface area contributed by atoms with Gasteiger partial charge in [0.15, 0.2) is 11.6 Å². The molecule has 2 aromatic carbocycles. The zero-order valence-corrected chi connectivity index (χ0v) is 21.3. The maximum atomic E-state index is 13.5. The number of amides is 1. The van der Waals surface area contributed by atoms with Crippen LogP contribution in [0.15, 0.2) is 48.5 Å². The molecule has 0 aromatic heterocycles. The smallest absolute Gasteiger partial charge is 0.308 e. The third-order valence-electron chi connectivity index (χ3n) is 5.58. The number of likely N-dealkylation sites (N-methyl/N-ethyl adjacent to an activating group) is 1. The van der Waals surface area contributed by atoms with Crippen LogP contribution < -0.4 is 10.1 Å². The second kappa shape index (κ2) is 16.6. The van der Waals surface area contributed by atoms with E-state index < -0.39 is 11.6 Å². The molecule has 0 saturated heterocycles. The van der Waals surface area contributed by atoms with Crippen molar-refractivity contribution in [3.63, 3.8) is 0 Å². The van der Waals surface area contributed by atoms with E-state index in [1.54, 1.807) is 0 Å². The summed E-state index contributed by atoms with van der Waals surface area (Å²) in [6.07, 6.45) is 5.85. The minimum absolute atomic E-state index is 0.0574. The number of halogens is 2. The van der Waals surface area contributed by atoms with Gasteiger partial charge < -0.3 is 19.7 Å². The zero-order valence-electron chi connectivity index (χ0n) is 21.3. The Balaban J connectivity index is 1.56. The SMILES string of the molecule is CN(C)CC(CC(=O)OCc1ccccc1)NC(=O)CCCCCCCCOc1cccc(F)c1F. The van der Waals surface area contributed by atoms with Crippen LogP contribution in [0.2, 0.25) is 0 Å². The largest absolute Gasteiger partial charge is 0.490 e. The lowest BCUT2D eigenvalue weighted by Gasteiger charge is -2.22. The first kappa shape index (κ1) is 29.2. The Morgan fingerprint density at radius 3 is 2.33 bits per heavy atom. The van der Waals surface area contributed by atoms with Crippen molar-refractivity contribution < 1.29 is 27.8 Å². The number of benzene rings is 2. The highest BCUT2D eigenvalue weighted by Crippen LogP contribution is 2.19. The van der Waals surface area contributed by atoms with Crippen molar-refractivity contribution in [2.75, 3.05) is 27.2 Å². The van der Waals surface area contributed by atoms with Gasteiger partial charge in [0.05, 0.1) is 19.1 Å². The van der Waals surface area contributed by atoms with E-state index in [0.29, 0.717) is 19.6 Å². The molecule has 1 atom stereocenters. The number of rotatable bonds is 17. The van der Waals surface area contributed by atoms with E-state index in [2.05, 4.69) is 5.32 Å². The summed E-state index contributed by atoms with van der Waals surface area (Å²) in [5.74, 6) is -2.32. The summed E-state index contributed by atoms with van der Waals surface area (Å²) >= 11 is 0. The molecule has 1 amide bonds. The zero-order chi connectivity index (χ0) is 26.2. The van der Waals surface area contributed by atoms with E-state index in [-0.39, 0.29) is 36.7 Å². The molecule has 0 aliphatic heterocycles. The van der Waals surface area contributed by atoms with E-state index in [1.807, 2.05) is 49.3 Å². The number of esters is 1. The van der Waals surface area contributed by atoms with Gasteiger partial charge >= 0.3 is 5.97 Å². The van der Waals surface area contributed by atoms with Crippen LogP contribution in [0.25, 0.3) is 0 Å². The molecule has 0 fully saturated rings. The second-order valence-electron chi connectivity index (χ2n) is 9.15. The first-order chi connectivity index (χ1) is 17.3. The summed E-state index contributed by atoms with van der Waals surface area (Å²) < 4.78 is 37.3. The van der Waals surface area contributed by atoms with Crippen LogP contribution >= 0.6 is 0 Å². The summed E-state index contributed by atoms with van der Waals surface area (Å²) in [6, 6.07) is 13.1. The third kappa shape index (κ3) is 12.1. The van der Waals surface area contributed by atoms with Crippen LogP contribution in [0.1, 0.15) is 56.9 Å². The van der Waals surface area contributed by atoms with Crippen molar-refractivity contribution in [3.05, 3.63) is 65.7 Å². The first-order valence-corrected chi connectivity index (χ1v) is 12.6. The fourth-order valence-corrected chi connectivity index (χ4v) is 3.77. The predicted octanol–water partition coefficient (Wildman–Crippen LogP) is 5.25. The summed E-state index contributed by atoms with van der Waals surface area (Å²) in [6.45, 7) is 1.10. The second-order valence-corrected chi connectivity index (χ2v) is 9.15. The van der Waals surface area contributed by atoms with Crippen molar-refractivity contribution in [3.8, 4) is 5.75 Å². The van der Waals surface area contributed by atoms with Crippen molar-refractivity contribution in [1.29, 1.82) is 0 Å². The molecule has 1 N–H and O–H groups in total. The van der Waals surface area contributed by atoms with Gasteiger partial charge in [-0.3, -0.25) is 9.59 Å². The van der Waals surface area contributed by atoms with Gasteiger partial charge in [-0.15, -0.1) is 0 Å². The van der Waals surface area contributed by atoms with Crippen molar-refractivity contribution in [2.24, 2.45) is 0 Å². The molecule has 8 heteroatoms. The summed E-state index contributed by atoms with van der Waals surface area (Å²) in [4.78, 5) is 26.6. The van der Waals surface area contributed by atoms with Gasteiger partial charge in [-0.1, -0.05) is 62.1 Å². The van der Waals surface area contributed by atoms with Crippen LogP contribution in [-0.4, -0.2) is 50.1 Å². The Hall–Kier alpha value is -3.00. The Morgan fingerprint density at radius 2 is 1.61 bits per heavy atom. The van der Waals surface area contributed by atoms with Gasteiger partial charge in [-0.2, -0.15) is 4.39 Å². The number of nitrogens with one attached hydrogen (secondary N) is 1. The van der Waals surface area contributed by atoms with Gasteiger partial charge in [0, 0.05) is 13.0 Å². The lowest BCUT2D eigenvalue weighted by atomic mass is 10.1. The number of unbranched alkanes of at least 4 members (excludes halogenated alkanes) is 5. The highest BCUT2D eigenvalue weighted by Gasteiger charge is 2.18. The average Bonchev–Trinajstić information content (AvgIpc) is 2.84. The van der Waals surface area contributed by atoms with Crippen molar-refractivity contribution in [1.82, 2.24) is 10.2 Å². The van der Waals surface area contributed by atoms with Crippen LogP contribution in [0.3, 0.4) is 0 Å². The molecule has 0 radical (unpaired) electrons. The number of carbonyl (C=O) groups excluding carboxylic acids is 2. The van der Waals surface area contributed by atoms with Gasteiger partial charge in [0.25, 0.3) is 0 Å². The molecule has 36 heavy (non-hydrogen) atoms. The molecule has 198 valence electrons. The number of ether oxygens (including phenoxy) is 2. The Labute approximate surface area is 213 Å². The van der Waals surface area contributed by atoms with E-state index in [9.17, 15) is 18.4 Å². The number of carbonyl (C=O) groups is 2. The molecule has 6 nitrogen and oxygen atoms in total. The fraction of sp³-hybridized carbons (Fsp3) is 0.500. The van der Waals surface area contributed by atoms with Crippen LogP contribution in [-0.2, 0) is 20.9 Å². The van der Waals surface area contributed by atoms with E-state index in [0.717, 1.165) is 50.2 Å². The van der Waals surface area contributed by atoms with Gasteiger partial charge in [0.2, 0.25) is 11.7 Å². The first-order valence-electron chi connectivity index (χ1n) is 12.6. The number of hydrogen-bond donors (Lipinski definition) is 1. The average molecular weight is 505 g/mol. The Bertz CT molecular complexity index is 925. The molecule has 2 aromatic rings. The molecule has 0 spiro atoms. The topological polar surface area (TPSA) is 67.9 Å².